The smallest absolute Gasteiger partial charge is 0.306 e. The maximum atomic E-state index is 10.9. The van der Waals surface area contributed by atoms with Gasteiger partial charge in [0.15, 0.2) is 0 Å². The van der Waals surface area contributed by atoms with E-state index < -0.39 is 5.97 Å². The molecule has 3 heteroatoms. The van der Waals surface area contributed by atoms with Gasteiger partial charge in [-0.05, 0) is 42.5 Å². The lowest BCUT2D eigenvalue weighted by molar-refractivity contribution is -0.141. The van der Waals surface area contributed by atoms with Crippen molar-refractivity contribution in [2.45, 2.75) is 19.3 Å². The van der Waals surface area contributed by atoms with Crippen molar-refractivity contribution >= 4 is 11.5 Å². The standard InChI is InChI=1S/C13H14O3/c14-12-6-4-9(5-7-12)10-2-1-3-11(8-10)13(15)16/h2,4-7,11,14H,1,3,8H2,(H,15,16). The first-order valence-electron chi connectivity index (χ1n) is 5.38. The van der Waals surface area contributed by atoms with Crippen molar-refractivity contribution in [2.75, 3.05) is 0 Å². The molecule has 0 amide bonds. The topological polar surface area (TPSA) is 57.5 Å². The van der Waals surface area contributed by atoms with Gasteiger partial charge >= 0.3 is 5.97 Å². The minimum atomic E-state index is -0.718. The summed E-state index contributed by atoms with van der Waals surface area (Å²) in [4.78, 5) is 10.9. The highest BCUT2D eigenvalue weighted by Gasteiger charge is 2.22. The maximum absolute atomic E-state index is 10.9. The largest absolute Gasteiger partial charge is 0.508 e. The Balaban J connectivity index is 2.18. The summed E-state index contributed by atoms with van der Waals surface area (Å²) in [6.07, 6.45) is 4.20. The predicted octanol–water partition coefficient (Wildman–Crippen LogP) is 2.66. The molecule has 2 N–H and O–H groups in total. The van der Waals surface area contributed by atoms with Gasteiger partial charge in [-0.2, -0.15) is 0 Å². The Labute approximate surface area is 94.0 Å². The van der Waals surface area contributed by atoms with Gasteiger partial charge < -0.3 is 10.2 Å². The van der Waals surface area contributed by atoms with Gasteiger partial charge in [-0.3, -0.25) is 4.79 Å². The van der Waals surface area contributed by atoms with Gasteiger partial charge in [-0.15, -0.1) is 0 Å². The van der Waals surface area contributed by atoms with Crippen LogP contribution < -0.4 is 0 Å². The first kappa shape index (κ1) is 10.7. The van der Waals surface area contributed by atoms with Crippen molar-refractivity contribution in [1.29, 1.82) is 0 Å². The fourth-order valence-corrected chi connectivity index (χ4v) is 2.03. The number of hydrogen-bond acceptors (Lipinski definition) is 2. The fraction of sp³-hybridized carbons (Fsp3) is 0.308. The number of carboxylic acid groups (broad SMARTS) is 1. The van der Waals surface area contributed by atoms with E-state index in [0.717, 1.165) is 24.0 Å². The molecule has 1 unspecified atom stereocenters. The lowest BCUT2D eigenvalue weighted by Crippen LogP contribution is -2.16. The summed E-state index contributed by atoms with van der Waals surface area (Å²) in [5.41, 5.74) is 2.07. The zero-order valence-corrected chi connectivity index (χ0v) is 8.89. The summed E-state index contributed by atoms with van der Waals surface area (Å²) in [5, 5.41) is 18.2. The van der Waals surface area contributed by atoms with E-state index in [2.05, 4.69) is 6.08 Å². The predicted molar refractivity (Wildman–Crippen MR) is 61.1 cm³/mol. The molecule has 1 aliphatic carbocycles. The van der Waals surface area contributed by atoms with Crippen molar-refractivity contribution in [3.8, 4) is 5.75 Å². The number of benzene rings is 1. The van der Waals surface area contributed by atoms with Crippen LogP contribution in [-0.2, 0) is 4.79 Å². The second-order valence-electron chi connectivity index (χ2n) is 4.09. The second kappa shape index (κ2) is 4.39. The molecule has 0 radical (unpaired) electrons. The monoisotopic (exact) mass is 218 g/mol. The Morgan fingerprint density at radius 1 is 1.25 bits per heavy atom. The van der Waals surface area contributed by atoms with Gasteiger partial charge in [0.05, 0.1) is 5.92 Å². The Morgan fingerprint density at radius 2 is 1.94 bits per heavy atom. The third kappa shape index (κ3) is 2.24. The molecule has 0 fully saturated rings. The van der Waals surface area contributed by atoms with Crippen LogP contribution in [0.25, 0.3) is 5.57 Å². The van der Waals surface area contributed by atoms with E-state index in [1.807, 2.05) is 12.1 Å². The van der Waals surface area contributed by atoms with E-state index in [1.165, 1.54) is 0 Å². The molecule has 1 aromatic rings. The third-order valence-electron chi connectivity index (χ3n) is 2.96. The lowest BCUT2D eigenvalue weighted by Gasteiger charge is -2.19. The summed E-state index contributed by atoms with van der Waals surface area (Å²) < 4.78 is 0. The molecule has 0 heterocycles. The van der Waals surface area contributed by atoms with Gasteiger partial charge in [0, 0.05) is 0 Å². The molecule has 0 saturated carbocycles. The minimum Gasteiger partial charge on any atom is -0.508 e. The minimum absolute atomic E-state index is 0.231. The zero-order chi connectivity index (χ0) is 11.5. The molecule has 0 bridgehead atoms. The summed E-state index contributed by atoms with van der Waals surface area (Å²) in [5.74, 6) is -0.756. The highest BCUT2D eigenvalue weighted by Crippen LogP contribution is 2.31. The van der Waals surface area contributed by atoms with Crippen LogP contribution in [0, 0.1) is 5.92 Å². The summed E-state index contributed by atoms with van der Waals surface area (Å²) >= 11 is 0. The van der Waals surface area contributed by atoms with Crippen molar-refractivity contribution in [3.63, 3.8) is 0 Å². The molecule has 0 spiro atoms. The van der Waals surface area contributed by atoms with Gasteiger partial charge in [0.25, 0.3) is 0 Å². The number of aromatic hydroxyl groups is 1. The van der Waals surface area contributed by atoms with E-state index in [4.69, 9.17) is 5.11 Å². The summed E-state index contributed by atoms with van der Waals surface area (Å²) in [6, 6.07) is 6.90. The third-order valence-corrected chi connectivity index (χ3v) is 2.96. The van der Waals surface area contributed by atoms with Crippen molar-refractivity contribution in [2.24, 2.45) is 5.92 Å². The van der Waals surface area contributed by atoms with Gasteiger partial charge in [-0.25, -0.2) is 0 Å². The van der Waals surface area contributed by atoms with Crippen molar-refractivity contribution in [1.82, 2.24) is 0 Å². The number of carbonyl (C=O) groups is 1. The molecule has 1 atom stereocenters. The molecule has 1 aromatic carbocycles. The van der Waals surface area contributed by atoms with E-state index in [1.54, 1.807) is 12.1 Å². The maximum Gasteiger partial charge on any atom is 0.306 e. The van der Waals surface area contributed by atoms with Crippen LogP contribution >= 0.6 is 0 Å². The van der Waals surface area contributed by atoms with Crippen molar-refractivity contribution in [3.05, 3.63) is 35.9 Å². The Bertz CT molecular complexity index is 417. The molecule has 1 aliphatic rings. The highest BCUT2D eigenvalue weighted by atomic mass is 16.4. The normalized spacial score (nSPS) is 20.2. The van der Waals surface area contributed by atoms with Crippen LogP contribution in [0.1, 0.15) is 24.8 Å². The Hall–Kier alpha value is -1.77. The lowest BCUT2D eigenvalue weighted by atomic mass is 9.86. The molecule has 0 aromatic heterocycles. The molecule has 84 valence electrons. The molecule has 0 aliphatic heterocycles. The number of phenolic OH excluding ortho intramolecular Hbond substituents is 1. The number of allylic oxidation sites excluding steroid dienone is 2. The molecule has 3 nitrogen and oxygen atoms in total. The van der Waals surface area contributed by atoms with Gasteiger partial charge in [0.1, 0.15) is 5.75 Å². The van der Waals surface area contributed by atoms with Gasteiger partial charge in [-0.1, -0.05) is 18.2 Å². The first-order valence-corrected chi connectivity index (χ1v) is 5.38. The van der Waals surface area contributed by atoms with E-state index in [-0.39, 0.29) is 11.7 Å². The van der Waals surface area contributed by atoms with Crippen LogP contribution in [0.5, 0.6) is 5.75 Å². The number of rotatable bonds is 2. The van der Waals surface area contributed by atoms with E-state index in [0.29, 0.717) is 6.42 Å². The SMILES string of the molecule is O=C(O)C1CCC=C(c2ccc(O)cc2)C1. The van der Waals surface area contributed by atoms with E-state index >= 15 is 0 Å². The molecule has 0 saturated heterocycles. The number of aliphatic carboxylic acids is 1. The van der Waals surface area contributed by atoms with Crippen LogP contribution in [0.3, 0.4) is 0 Å². The van der Waals surface area contributed by atoms with Crippen LogP contribution in [0.4, 0.5) is 0 Å². The zero-order valence-electron chi connectivity index (χ0n) is 8.89. The van der Waals surface area contributed by atoms with Crippen LogP contribution in [-0.4, -0.2) is 16.2 Å². The van der Waals surface area contributed by atoms with E-state index in [9.17, 15) is 9.90 Å². The van der Waals surface area contributed by atoms with Crippen molar-refractivity contribution < 1.29 is 15.0 Å². The summed E-state index contributed by atoms with van der Waals surface area (Å²) in [6.45, 7) is 0. The van der Waals surface area contributed by atoms with Crippen LogP contribution in [0.2, 0.25) is 0 Å². The molecule has 2 rings (SSSR count). The Morgan fingerprint density at radius 3 is 2.56 bits per heavy atom. The number of phenols is 1. The molecule has 16 heavy (non-hydrogen) atoms. The average molecular weight is 218 g/mol. The average Bonchev–Trinajstić information content (AvgIpc) is 2.30. The van der Waals surface area contributed by atoms with Gasteiger partial charge in [0.2, 0.25) is 0 Å². The Kier molecular flexibility index (Phi) is 2.95. The molecular formula is C13H14O3. The van der Waals surface area contributed by atoms with Crippen LogP contribution in [0.15, 0.2) is 30.3 Å². The number of hydrogen-bond donors (Lipinski definition) is 2. The first-order chi connectivity index (χ1) is 7.66. The summed E-state index contributed by atoms with van der Waals surface area (Å²) in [7, 11) is 0. The quantitative estimate of drug-likeness (QED) is 0.802. The highest BCUT2D eigenvalue weighted by molar-refractivity contribution is 5.76. The second-order valence-corrected chi connectivity index (χ2v) is 4.09. The fourth-order valence-electron chi connectivity index (χ4n) is 2.03. The molecular weight excluding hydrogens is 204 g/mol. The number of carboxylic acids is 1.